The van der Waals surface area contributed by atoms with Gasteiger partial charge in [0.05, 0.1) is 4.61 Å². The summed E-state index contributed by atoms with van der Waals surface area (Å²) in [5, 5.41) is 0. The number of allylic oxidation sites excluding steroid dienone is 2. The summed E-state index contributed by atoms with van der Waals surface area (Å²) in [7, 11) is 0. The van der Waals surface area contributed by atoms with Gasteiger partial charge in [-0.3, -0.25) is 10.9 Å². The molecule has 0 bridgehead atoms. The van der Waals surface area contributed by atoms with Gasteiger partial charge in [0, 0.05) is 0 Å². The summed E-state index contributed by atoms with van der Waals surface area (Å²) >= 11 is 3.20. The number of nitrogens with one attached hydrogen (secondary N) is 2. The monoisotopic (exact) mass is 175 g/mol. The van der Waals surface area contributed by atoms with Gasteiger partial charge in [0.15, 0.2) is 0 Å². The fourth-order valence-corrected chi connectivity index (χ4v) is 0.609. The highest BCUT2D eigenvalue weighted by molar-refractivity contribution is 9.11. The minimum absolute atomic E-state index is 0.619. The van der Waals surface area contributed by atoms with E-state index in [1.807, 2.05) is 6.08 Å². The van der Waals surface area contributed by atoms with Crippen LogP contribution in [0.2, 0.25) is 0 Å². The first-order chi connectivity index (χ1) is 3.79. The van der Waals surface area contributed by atoms with Crippen molar-refractivity contribution in [1.82, 2.24) is 10.9 Å². The summed E-state index contributed by atoms with van der Waals surface area (Å²) in [6.45, 7) is 0. The van der Waals surface area contributed by atoms with Crippen LogP contribution < -0.4 is 16.6 Å². The van der Waals surface area contributed by atoms with Gasteiger partial charge >= 0.3 is 0 Å². The van der Waals surface area contributed by atoms with E-state index in [4.69, 9.17) is 5.73 Å². The SMILES string of the molecule is NC1=CC=C(Br)NN1. The number of nitrogens with two attached hydrogens (primary N) is 1. The number of halogens is 1. The predicted molar refractivity (Wildman–Crippen MR) is 35.6 cm³/mol. The average molecular weight is 176 g/mol. The lowest BCUT2D eigenvalue weighted by atomic mass is 10.5. The van der Waals surface area contributed by atoms with Gasteiger partial charge in [-0.15, -0.1) is 0 Å². The molecule has 0 unspecified atom stereocenters. The molecule has 0 aliphatic carbocycles. The molecule has 0 saturated heterocycles. The van der Waals surface area contributed by atoms with E-state index >= 15 is 0 Å². The van der Waals surface area contributed by atoms with Crippen LogP contribution in [0.4, 0.5) is 0 Å². The quantitative estimate of drug-likeness (QED) is 0.460. The van der Waals surface area contributed by atoms with E-state index in [-0.39, 0.29) is 0 Å². The maximum atomic E-state index is 5.32. The van der Waals surface area contributed by atoms with Crippen LogP contribution >= 0.6 is 15.9 Å². The van der Waals surface area contributed by atoms with Gasteiger partial charge in [-0.25, -0.2) is 0 Å². The lowest BCUT2D eigenvalue weighted by Gasteiger charge is -2.11. The Morgan fingerprint density at radius 1 is 1.38 bits per heavy atom. The van der Waals surface area contributed by atoms with Gasteiger partial charge in [0.1, 0.15) is 5.82 Å². The molecule has 0 saturated carbocycles. The van der Waals surface area contributed by atoms with Crippen molar-refractivity contribution in [2.75, 3.05) is 0 Å². The van der Waals surface area contributed by atoms with E-state index in [1.54, 1.807) is 6.08 Å². The summed E-state index contributed by atoms with van der Waals surface area (Å²) < 4.78 is 0.881. The Kier molecular flexibility index (Phi) is 1.43. The molecule has 44 valence electrons. The van der Waals surface area contributed by atoms with Gasteiger partial charge in [0.25, 0.3) is 0 Å². The third-order valence-corrected chi connectivity index (χ3v) is 1.20. The summed E-state index contributed by atoms with van der Waals surface area (Å²) in [6.07, 6.45) is 3.59. The Balaban J connectivity index is 2.65. The normalized spacial score (nSPS) is 17.6. The maximum absolute atomic E-state index is 5.32. The fraction of sp³-hybridized carbons (Fsp3) is 0. The lowest BCUT2D eigenvalue weighted by molar-refractivity contribution is 0.702. The molecular weight excluding hydrogens is 170 g/mol. The largest absolute Gasteiger partial charge is 0.384 e. The third-order valence-electron chi connectivity index (χ3n) is 0.735. The molecule has 1 rings (SSSR count). The first-order valence-corrected chi connectivity index (χ1v) is 2.93. The van der Waals surface area contributed by atoms with Crippen molar-refractivity contribution in [3.8, 4) is 0 Å². The van der Waals surface area contributed by atoms with Crippen LogP contribution in [0.3, 0.4) is 0 Å². The highest BCUT2D eigenvalue weighted by Gasteiger charge is 1.93. The first kappa shape index (κ1) is 5.50. The number of hydrogen-bond donors (Lipinski definition) is 3. The van der Waals surface area contributed by atoms with Crippen molar-refractivity contribution in [2.45, 2.75) is 0 Å². The van der Waals surface area contributed by atoms with Crippen molar-refractivity contribution in [3.05, 3.63) is 22.6 Å². The maximum Gasteiger partial charge on any atom is 0.115 e. The van der Waals surface area contributed by atoms with E-state index < -0.39 is 0 Å². The second-order valence-corrected chi connectivity index (χ2v) is 2.24. The minimum atomic E-state index is 0.619. The standard InChI is InChI=1S/C4H6BrN3/c5-3-1-2-4(6)8-7-3/h1-2,7-8H,6H2. The number of hydrogen-bond acceptors (Lipinski definition) is 3. The molecule has 8 heavy (non-hydrogen) atoms. The molecule has 0 aromatic heterocycles. The van der Waals surface area contributed by atoms with Crippen LogP contribution in [0.1, 0.15) is 0 Å². The van der Waals surface area contributed by atoms with E-state index in [0.29, 0.717) is 5.82 Å². The Morgan fingerprint density at radius 3 is 2.50 bits per heavy atom. The predicted octanol–water partition coefficient (Wildman–Crippen LogP) is 0.131. The summed E-state index contributed by atoms with van der Waals surface area (Å²) in [5.74, 6) is 0.619. The van der Waals surface area contributed by atoms with Crippen molar-refractivity contribution < 1.29 is 0 Å². The third kappa shape index (κ3) is 1.16. The van der Waals surface area contributed by atoms with Crippen molar-refractivity contribution in [2.24, 2.45) is 5.73 Å². The fourth-order valence-electron chi connectivity index (χ4n) is 0.378. The molecule has 1 aliphatic rings. The molecule has 0 atom stereocenters. The second kappa shape index (κ2) is 2.09. The molecule has 4 heteroatoms. The Labute approximate surface area is 55.7 Å². The molecule has 1 heterocycles. The molecule has 3 nitrogen and oxygen atoms in total. The van der Waals surface area contributed by atoms with Crippen LogP contribution in [0.5, 0.6) is 0 Å². The molecule has 0 amide bonds. The molecule has 0 spiro atoms. The zero-order chi connectivity index (χ0) is 5.98. The molecule has 0 fully saturated rings. The van der Waals surface area contributed by atoms with E-state index in [9.17, 15) is 0 Å². The van der Waals surface area contributed by atoms with E-state index in [0.717, 1.165) is 4.61 Å². The van der Waals surface area contributed by atoms with Crippen molar-refractivity contribution in [1.29, 1.82) is 0 Å². The topological polar surface area (TPSA) is 50.1 Å². The van der Waals surface area contributed by atoms with Gasteiger partial charge in [-0.2, -0.15) is 0 Å². The van der Waals surface area contributed by atoms with E-state index in [1.165, 1.54) is 0 Å². The second-order valence-electron chi connectivity index (χ2n) is 1.39. The van der Waals surface area contributed by atoms with Crippen molar-refractivity contribution >= 4 is 15.9 Å². The zero-order valence-corrected chi connectivity index (χ0v) is 5.70. The van der Waals surface area contributed by atoms with Gasteiger partial charge < -0.3 is 5.73 Å². The van der Waals surface area contributed by atoms with Gasteiger partial charge in [0.2, 0.25) is 0 Å². The first-order valence-electron chi connectivity index (χ1n) is 2.14. The van der Waals surface area contributed by atoms with Gasteiger partial charge in [-0.05, 0) is 28.1 Å². The summed E-state index contributed by atoms with van der Waals surface area (Å²) in [5.41, 5.74) is 10.8. The Hall–Kier alpha value is -0.640. The smallest absolute Gasteiger partial charge is 0.115 e. The molecule has 4 N–H and O–H groups in total. The minimum Gasteiger partial charge on any atom is -0.384 e. The molecule has 0 radical (unpaired) electrons. The van der Waals surface area contributed by atoms with E-state index in [2.05, 4.69) is 26.8 Å². The average Bonchev–Trinajstić information content (AvgIpc) is 1.77. The summed E-state index contributed by atoms with van der Waals surface area (Å²) in [4.78, 5) is 0. The van der Waals surface area contributed by atoms with Crippen LogP contribution in [0.25, 0.3) is 0 Å². The number of hydrazine groups is 1. The Morgan fingerprint density at radius 2 is 2.12 bits per heavy atom. The van der Waals surface area contributed by atoms with Crippen LogP contribution in [-0.2, 0) is 0 Å². The highest BCUT2D eigenvalue weighted by Crippen LogP contribution is 2.01. The number of rotatable bonds is 0. The van der Waals surface area contributed by atoms with Crippen molar-refractivity contribution in [3.63, 3.8) is 0 Å². The zero-order valence-electron chi connectivity index (χ0n) is 4.11. The van der Waals surface area contributed by atoms with Gasteiger partial charge in [-0.1, -0.05) is 0 Å². The van der Waals surface area contributed by atoms with Crippen LogP contribution in [0.15, 0.2) is 22.6 Å². The molecule has 0 aromatic carbocycles. The molecule has 1 aliphatic heterocycles. The summed E-state index contributed by atoms with van der Waals surface area (Å²) in [6, 6.07) is 0. The lowest BCUT2D eigenvalue weighted by Crippen LogP contribution is -2.34. The highest BCUT2D eigenvalue weighted by atomic mass is 79.9. The Bertz CT molecular complexity index is 131. The van der Waals surface area contributed by atoms with Crippen LogP contribution in [-0.4, -0.2) is 0 Å². The molecular formula is C4H6BrN3. The molecule has 0 aromatic rings. The van der Waals surface area contributed by atoms with Crippen LogP contribution in [0, 0.1) is 0 Å².